The Labute approximate surface area is 204 Å². The zero-order valence-corrected chi connectivity index (χ0v) is 19.8. The van der Waals surface area contributed by atoms with Gasteiger partial charge in [0.2, 0.25) is 11.8 Å². The van der Waals surface area contributed by atoms with Crippen LogP contribution in [0.3, 0.4) is 0 Å². The van der Waals surface area contributed by atoms with Gasteiger partial charge >= 0.3 is 0 Å². The lowest BCUT2D eigenvalue weighted by Gasteiger charge is -2.38. The van der Waals surface area contributed by atoms with Gasteiger partial charge in [-0.25, -0.2) is 0 Å². The maximum Gasteiger partial charge on any atom is 0.235 e. The van der Waals surface area contributed by atoms with Crippen LogP contribution in [0.25, 0.3) is 5.57 Å². The number of benzene rings is 2. The van der Waals surface area contributed by atoms with Crippen LogP contribution in [0.2, 0.25) is 0 Å². The van der Waals surface area contributed by atoms with E-state index in [0.29, 0.717) is 17.9 Å². The number of fused-ring (bicyclic) bond motifs is 5. The Morgan fingerprint density at radius 1 is 1.06 bits per heavy atom. The highest BCUT2D eigenvalue weighted by Gasteiger charge is 2.64. The molecular formula is C28H28N2O5. The third-order valence-electron chi connectivity index (χ3n) is 7.90. The first-order valence-electron chi connectivity index (χ1n) is 12.2. The maximum absolute atomic E-state index is 14.0. The minimum atomic E-state index is -0.769. The fourth-order valence-corrected chi connectivity index (χ4v) is 6.26. The predicted octanol–water partition coefficient (Wildman–Crippen LogP) is 3.33. The first-order chi connectivity index (χ1) is 17.0. The average molecular weight is 473 g/mol. The van der Waals surface area contributed by atoms with Gasteiger partial charge in [-0.1, -0.05) is 24.3 Å². The lowest BCUT2D eigenvalue weighted by Crippen LogP contribution is -2.49. The van der Waals surface area contributed by atoms with E-state index in [4.69, 9.17) is 9.47 Å². The standard InChI is InChI=1S/C28H28N2O5/c1-16-14-22-23-24(28(33)29(27(23)32)15-19-6-5-13-35-19)25(30(22)21-8-4-3-7-20(16)21)26(31)17-9-11-18(34-2)12-10-17/h3-4,7-12,14,19,22-25H,5-6,13,15H2,1-2H3. The van der Waals surface area contributed by atoms with Gasteiger partial charge in [0.05, 0.1) is 37.6 Å². The number of nitrogens with zero attached hydrogens (tertiary/aromatic N) is 2. The molecule has 2 aromatic carbocycles. The molecule has 2 amide bonds. The van der Waals surface area contributed by atoms with E-state index >= 15 is 0 Å². The number of hydrogen-bond donors (Lipinski definition) is 0. The van der Waals surface area contributed by atoms with Crippen LogP contribution in [0.5, 0.6) is 5.75 Å². The summed E-state index contributed by atoms with van der Waals surface area (Å²) in [5.41, 5.74) is 3.46. The fraction of sp³-hybridized carbons (Fsp3) is 0.393. The SMILES string of the molecule is COc1ccc(C(=O)C2C3C(=O)N(CC4CCCO4)C(=O)C3C3C=C(C)c4ccccc4N32)cc1. The fourth-order valence-electron chi connectivity index (χ4n) is 6.26. The van der Waals surface area contributed by atoms with Gasteiger partial charge in [-0.2, -0.15) is 0 Å². The summed E-state index contributed by atoms with van der Waals surface area (Å²) in [7, 11) is 1.58. The average Bonchev–Trinajstić information content (AvgIpc) is 3.57. The van der Waals surface area contributed by atoms with E-state index in [1.54, 1.807) is 31.4 Å². The Balaban J connectivity index is 1.44. The van der Waals surface area contributed by atoms with E-state index in [0.717, 1.165) is 29.7 Å². The molecule has 0 spiro atoms. The molecule has 3 fully saturated rings. The number of carbonyl (C=O) groups is 3. The van der Waals surface area contributed by atoms with Gasteiger partial charge in [-0.3, -0.25) is 19.3 Å². The topological polar surface area (TPSA) is 76.1 Å². The highest BCUT2D eigenvalue weighted by Crippen LogP contribution is 2.50. The van der Waals surface area contributed by atoms with Gasteiger partial charge in [-0.05, 0) is 55.7 Å². The first-order valence-corrected chi connectivity index (χ1v) is 12.2. The number of Topliss-reactive ketones (excluding diaryl/α,β-unsaturated/α-hetero) is 1. The summed E-state index contributed by atoms with van der Waals surface area (Å²) >= 11 is 0. The van der Waals surface area contributed by atoms with Crippen LogP contribution < -0.4 is 9.64 Å². The molecule has 6 rings (SSSR count). The predicted molar refractivity (Wildman–Crippen MR) is 130 cm³/mol. The van der Waals surface area contributed by atoms with Gasteiger partial charge in [-0.15, -0.1) is 0 Å². The van der Waals surface area contributed by atoms with Crippen molar-refractivity contribution in [3.63, 3.8) is 0 Å². The number of para-hydroxylation sites is 1. The molecule has 35 heavy (non-hydrogen) atoms. The van der Waals surface area contributed by atoms with Crippen molar-refractivity contribution in [3.05, 3.63) is 65.7 Å². The molecule has 0 radical (unpaired) electrons. The number of methoxy groups -OCH3 is 1. The van der Waals surface area contributed by atoms with E-state index in [9.17, 15) is 14.4 Å². The van der Waals surface area contributed by atoms with Crippen LogP contribution in [0.4, 0.5) is 5.69 Å². The van der Waals surface area contributed by atoms with Gasteiger partial charge < -0.3 is 14.4 Å². The molecule has 5 atom stereocenters. The third-order valence-corrected chi connectivity index (χ3v) is 7.90. The summed E-state index contributed by atoms with van der Waals surface area (Å²) in [5, 5.41) is 0. The maximum atomic E-state index is 14.0. The number of likely N-dealkylation sites (tertiary alicyclic amines) is 1. The zero-order valence-electron chi connectivity index (χ0n) is 19.8. The van der Waals surface area contributed by atoms with Gasteiger partial charge in [0.25, 0.3) is 0 Å². The number of anilines is 1. The van der Waals surface area contributed by atoms with E-state index < -0.39 is 17.9 Å². The van der Waals surface area contributed by atoms with Crippen LogP contribution in [0, 0.1) is 11.8 Å². The second-order valence-electron chi connectivity index (χ2n) is 9.78. The van der Waals surface area contributed by atoms with Gasteiger partial charge in [0.15, 0.2) is 5.78 Å². The number of ether oxygens (including phenoxy) is 2. The van der Waals surface area contributed by atoms with Crippen LogP contribution >= 0.6 is 0 Å². The summed E-state index contributed by atoms with van der Waals surface area (Å²) in [6.45, 7) is 2.94. The number of rotatable bonds is 5. The summed E-state index contributed by atoms with van der Waals surface area (Å²) < 4.78 is 11.0. The number of amides is 2. The summed E-state index contributed by atoms with van der Waals surface area (Å²) in [5.74, 6) is -1.30. The quantitative estimate of drug-likeness (QED) is 0.491. The summed E-state index contributed by atoms with van der Waals surface area (Å²) in [6, 6.07) is 13.7. The normalized spacial score (nSPS) is 29.1. The molecule has 0 aromatic heterocycles. The highest BCUT2D eigenvalue weighted by molar-refractivity contribution is 6.14. The molecule has 7 nitrogen and oxygen atoms in total. The zero-order chi connectivity index (χ0) is 24.3. The Morgan fingerprint density at radius 2 is 1.80 bits per heavy atom. The smallest absolute Gasteiger partial charge is 0.235 e. The first kappa shape index (κ1) is 22.0. The minimum Gasteiger partial charge on any atom is -0.497 e. The molecule has 0 bridgehead atoms. The second kappa shape index (κ2) is 8.34. The molecule has 0 aliphatic carbocycles. The molecule has 4 aliphatic heterocycles. The van der Waals surface area contributed by atoms with Crippen molar-refractivity contribution in [3.8, 4) is 5.75 Å². The van der Waals surface area contributed by atoms with Gasteiger partial charge in [0.1, 0.15) is 11.8 Å². The third kappa shape index (κ3) is 3.32. The molecule has 2 aromatic rings. The molecule has 180 valence electrons. The van der Waals surface area contributed by atoms with E-state index in [1.165, 1.54) is 4.90 Å². The van der Waals surface area contributed by atoms with E-state index in [1.807, 2.05) is 36.1 Å². The van der Waals surface area contributed by atoms with Crippen molar-refractivity contribution < 1.29 is 23.9 Å². The Hall–Kier alpha value is -3.45. The van der Waals surface area contributed by atoms with Gasteiger partial charge in [0, 0.05) is 23.4 Å². The van der Waals surface area contributed by atoms with Crippen LogP contribution in [0.1, 0.15) is 35.7 Å². The molecular weight excluding hydrogens is 444 g/mol. The number of imide groups is 1. The highest BCUT2D eigenvalue weighted by atomic mass is 16.5. The van der Waals surface area contributed by atoms with Crippen LogP contribution in [-0.2, 0) is 14.3 Å². The lowest BCUT2D eigenvalue weighted by atomic mass is 9.85. The number of hydrogen-bond acceptors (Lipinski definition) is 6. The largest absolute Gasteiger partial charge is 0.497 e. The number of allylic oxidation sites excluding steroid dienone is 1. The van der Waals surface area contributed by atoms with Crippen LogP contribution in [-0.4, -0.2) is 60.9 Å². The van der Waals surface area contributed by atoms with Crippen molar-refractivity contribution in [2.45, 2.75) is 38.0 Å². The minimum absolute atomic E-state index is 0.127. The number of carbonyl (C=O) groups excluding carboxylic acids is 3. The Kier molecular flexibility index (Phi) is 5.25. The summed E-state index contributed by atoms with van der Waals surface area (Å²) in [6.07, 6.45) is 3.70. The van der Waals surface area contributed by atoms with E-state index in [2.05, 4.69) is 6.08 Å². The van der Waals surface area contributed by atoms with Crippen molar-refractivity contribution in [1.82, 2.24) is 4.90 Å². The van der Waals surface area contributed by atoms with Crippen LogP contribution in [0.15, 0.2) is 54.6 Å². The molecule has 7 heteroatoms. The Bertz CT molecular complexity index is 1230. The molecule has 5 unspecified atom stereocenters. The molecule has 0 N–H and O–H groups in total. The molecule has 0 saturated carbocycles. The van der Waals surface area contributed by atoms with Crippen molar-refractivity contribution >= 4 is 28.9 Å². The molecule has 3 saturated heterocycles. The Morgan fingerprint density at radius 3 is 2.51 bits per heavy atom. The molecule has 4 aliphatic rings. The van der Waals surface area contributed by atoms with Crippen molar-refractivity contribution in [1.29, 1.82) is 0 Å². The van der Waals surface area contributed by atoms with Crippen molar-refractivity contribution in [2.24, 2.45) is 11.8 Å². The summed E-state index contributed by atoms with van der Waals surface area (Å²) in [4.78, 5) is 44.9. The lowest BCUT2D eigenvalue weighted by molar-refractivity contribution is -0.142. The van der Waals surface area contributed by atoms with Crippen molar-refractivity contribution in [2.75, 3.05) is 25.2 Å². The second-order valence-corrected chi connectivity index (χ2v) is 9.78. The molecule has 4 heterocycles. The monoisotopic (exact) mass is 472 g/mol. The number of ketones is 1. The van der Waals surface area contributed by atoms with E-state index in [-0.39, 0.29) is 36.3 Å².